The van der Waals surface area contributed by atoms with Gasteiger partial charge in [0.15, 0.2) is 0 Å². The van der Waals surface area contributed by atoms with Crippen molar-refractivity contribution in [2.24, 2.45) is 5.92 Å². The van der Waals surface area contributed by atoms with Crippen LogP contribution in [0.5, 0.6) is 5.75 Å². The number of hydrogen-bond acceptors (Lipinski definition) is 6. The van der Waals surface area contributed by atoms with Gasteiger partial charge in [0.05, 0.1) is 11.1 Å². The number of aliphatic carboxylic acids is 1. The second kappa shape index (κ2) is 9.39. The van der Waals surface area contributed by atoms with Gasteiger partial charge in [-0.2, -0.15) is 4.98 Å². The number of nitrogens with zero attached hydrogens (tertiary/aromatic N) is 2. The molecule has 1 aliphatic carbocycles. The quantitative estimate of drug-likeness (QED) is 0.423. The molecule has 1 fully saturated rings. The summed E-state index contributed by atoms with van der Waals surface area (Å²) < 4.78 is 25.3. The number of carboxylic acid groups (broad SMARTS) is 1. The molecular formula is C24H25ClFN3O4. The summed E-state index contributed by atoms with van der Waals surface area (Å²) >= 11 is 6.30. The van der Waals surface area contributed by atoms with E-state index in [2.05, 4.69) is 15.5 Å². The predicted molar refractivity (Wildman–Crippen MR) is 123 cm³/mol. The summed E-state index contributed by atoms with van der Waals surface area (Å²) in [5, 5.41) is 16.8. The Kier molecular flexibility index (Phi) is 6.56. The molecule has 1 aromatic heterocycles. The lowest BCUT2D eigenvalue weighted by Gasteiger charge is -2.15. The molecule has 2 atom stereocenters. The van der Waals surface area contributed by atoms with E-state index < -0.39 is 11.6 Å². The maximum atomic E-state index is 14.2. The molecule has 1 aliphatic rings. The van der Waals surface area contributed by atoms with E-state index in [-0.39, 0.29) is 24.9 Å². The molecule has 0 saturated heterocycles. The average Bonchev–Trinajstić information content (AvgIpc) is 3.42. The summed E-state index contributed by atoms with van der Waals surface area (Å²) in [4.78, 5) is 15.5. The number of alkyl halides is 1. The van der Waals surface area contributed by atoms with Gasteiger partial charge in [-0.25, -0.2) is 9.18 Å². The number of carbonyl (C=O) groups is 1. The fraction of sp³-hybridized carbons (Fsp3) is 0.375. The zero-order valence-electron chi connectivity index (χ0n) is 18.3. The monoisotopic (exact) mass is 473 g/mol. The minimum atomic E-state index is -2.10. The fourth-order valence-electron chi connectivity index (χ4n) is 3.90. The molecule has 7 nitrogen and oxygen atoms in total. The van der Waals surface area contributed by atoms with E-state index in [4.69, 9.17) is 26.0 Å². The van der Waals surface area contributed by atoms with Crippen LogP contribution in [-0.4, -0.2) is 39.5 Å². The number of rotatable bonds is 8. The number of nitrogens with one attached hydrogen (secondary N) is 1. The second-order valence-electron chi connectivity index (χ2n) is 8.57. The molecule has 1 saturated carbocycles. The summed E-state index contributed by atoms with van der Waals surface area (Å²) in [5.41, 5.74) is 0.210. The van der Waals surface area contributed by atoms with Crippen molar-refractivity contribution < 1.29 is 23.6 Å². The predicted octanol–water partition coefficient (Wildman–Crippen LogP) is 5.85. The molecule has 9 heteroatoms. The first-order valence-corrected chi connectivity index (χ1v) is 11.2. The summed E-state index contributed by atoms with van der Waals surface area (Å²) in [6, 6.07) is 12.8. The molecule has 0 aliphatic heterocycles. The van der Waals surface area contributed by atoms with Crippen molar-refractivity contribution in [3.63, 3.8) is 0 Å². The third-order valence-corrected chi connectivity index (χ3v) is 5.95. The summed E-state index contributed by atoms with van der Waals surface area (Å²) in [5.74, 6) is -0.00184. The third kappa shape index (κ3) is 5.27. The van der Waals surface area contributed by atoms with Crippen molar-refractivity contribution >= 4 is 23.3 Å². The van der Waals surface area contributed by atoms with E-state index in [1.165, 1.54) is 0 Å². The van der Waals surface area contributed by atoms with Crippen LogP contribution in [0.15, 0.2) is 47.0 Å². The minimum absolute atomic E-state index is 0.0164. The highest BCUT2D eigenvalue weighted by Crippen LogP contribution is 2.38. The first-order chi connectivity index (χ1) is 15.7. The van der Waals surface area contributed by atoms with E-state index in [1.807, 2.05) is 44.2 Å². The molecule has 0 radical (unpaired) electrons. The van der Waals surface area contributed by atoms with Crippen molar-refractivity contribution in [1.82, 2.24) is 10.1 Å². The van der Waals surface area contributed by atoms with Crippen LogP contribution in [0.3, 0.4) is 0 Å². The topological polar surface area (TPSA) is 97.5 Å². The second-order valence-corrected chi connectivity index (χ2v) is 8.98. The largest absolute Gasteiger partial charge is 0.489 e. The molecule has 0 bridgehead atoms. The highest BCUT2D eigenvalue weighted by Gasteiger charge is 2.45. The molecule has 0 spiro atoms. The number of halogens is 2. The molecule has 33 heavy (non-hydrogen) atoms. The van der Waals surface area contributed by atoms with E-state index in [9.17, 15) is 9.18 Å². The molecule has 2 unspecified atom stereocenters. The van der Waals surface area contributed by atoms with E-state index in [0.717, 1.165) is 11.3 Å². The lowest BCUT2D eigenvalue weighted by molar-refractivity contribution is -0.150. The first-order valence-electron chi connectivity index (χ1n) is 10.8. The molecule has 2 aromatic carbocycles. The summed E-state index contributed by atoms with van der Waals surface area (Å²) in [6.07, 6.45) is 0.661. The summed E-state index contributed by atoms with van der Waals surface area (Å²) in [6.45, 7) is 4.37. The van der Waals surface area contributed by atoms with Gasteiger partial charge < -0.3 is 19.7 Å². The Morgan fingerprint density at radius 1 is 1.30 bits per heavy atom. The Balaban J connectivity index is 1.38. The fourth-order valence-corrected chi connectivity index (χ4v) is 4.13. The third-order valence-electron chi connectivity index (χ3n) is 5.65. The molecule has 1 heterocycles. The zero-order valence-corrected chi connectivity index (χ0v) is 19.1. The first kappa shape index (κ1) is 23.0. The zero-order chi connectivity index (χ0) is 23.6. The van der Waals surface area contributed by atoms with Crippen LogP contribution in [0.4, 0.5) is 10.1 Å². The Hall–Kier alpha value is -3.13. The molecular weight excluding hydrogens is 449 g/mol. The maximum absolute atomic E-state index is 14.2. The highest BCUT2D eigenvalue weighted by molar-refractivity contribution is 6.32. The number of ether oxygens (including phenoxy) is 1. The van der Waals surface area contributed by atoms with Gasteiger partial charge in [0.25, 0.3) is 5.89 Å². The van der Waals surface area contributed by atoms with Gasteiger partial charge in [0, 0.05) is 23.4 Å². The molecule has 4 rings (SSSR count). The number of benzene rings is 2. The number of carboxylic acids is 1. The number of hydrogen-bond donors (Lipinski definition) is 2. The van der Waals surface area contributed by atoms with Crippen LogP contribution in [0.25, 0.3) is 22.8 Å². The highest BCUT2D eigenvalue weighted by atomic mass is 35.5. The van der Waals surface area contributed by atoms with Crippen LogP contribution in [0.1, 0.15) is 33.1 Å². The Labute approximate surface area is 195 Å². The van der Waals surface area contributed by atoms with Crippen LogP contribution >= 0.6 is 11.6 Å². The van der Waals surface area contributed by atoms with Gasteiger partial charge in [-0.05, 0) is 81.5 Å². The van der Waals surface area contributed by atoms with Crippen LogP contribution < -0.4 is 10.1 Å². The minimum Gasteiger partial charge on any atom is -0.489 e. The van der Waals surface area contributed by atoms with Crippen LogP contribution in [0.2, 0.25) is 5.02 Å². The van der Waals surface area contributed by atoms with Gasteiger partial charge in [0.2, 0.25) is 11.5 Å². The van der Waals surface area contributed by atoms with Gasteiger partial charge in [-0.15, -0.1) is 0 Å². The Bertz CT molecular complexity index is 1130. The van der Waals surface area contributed by atoms with Gasteiger partial charge >= 0.3 is 5.97 Å². The van der Waals surface area contributed by atoms with E-state index in [1.54, 1.807) is 12.1 Å². The van der Waals surface area contributed by atoms with Crippen molar-refractivity contribution in [3.05, 3.63) is 47.5 Å². The molecule has 3 aromatic rings. The number of aromatic nitrogens is 2. The summed E-state index contributed by atoms with van der Waals surface area (Å²) in [7, 11) is 0. The lowest BCUT2D eigenvalue weighted by atomic mass is 10.0. The van der Waals surface area contributed by atoms with Gasteiger partial charge in [-0.3, -0.25) is 0 Å². The lowest BCUT2D eigenvalue weighted by Crippen LogP contribution is -2.30. The van der Waals surface area contributed by atoms with Crippen molar-refractivity contribution in [3.8, 4) is 28.6 Å². The van der Waals surface area contributed by atoms with Crippen LogP contribution in [-0.2, 0) is 4.79 Å². The van der Waals surface area contributed by atoms with Gasteiger partial charge in [0.1, 0.15) is 5.75 Å². The molecule has 2 N–H and O–H groups in total. The van der Waals surface area contributed by atoms with Crippen LogP contribution in [0, 0.1) is 5.92 Å². The maximum Gasteiger partial charge on any atom is 0.341 e. The molecule has 174 valence electrons. The Morgan fingerprint density at radius 2 is 2.03 bits per heavy atom. The SMILES string of the molecule is CC(C)Oc1ccc(-c2noc(-c3ccc(NCC4CCC(F)(C(=O)O)C4)cc3)n2)cc1Cl. The van der Waals surface area contributed by atoms with Crippen molar-refractivity contribution in [2.75, 3.05) is 11.9 Å². The standard InChI is InChI=1S/C24H25ClFN3O4/c1-14(2)32-20-8-5-17(11-19(20)25)21-28-22(33-29-21)16-3-6-18(7-4-16)27-13-15-9-10-24(26,12-15)23(30)31/h3-8,11,14-15,27H,9-10,12-13H2,1-2H3,(H,30,31). The molecule has 0 amide bonds. The van der Waals surface area contributed by atoms with E-state index in [0.29, 0.717) is 41.0 Å². The number of anilines is 1. The smallest absolute Gasteiger partial charge is 0.341 e. The normalized spacial score (nSPS) is 20.2. The van der Waals surface area contributed by atoms with Gasteiger partial charge in [-0.1, -0.05) is 16.8 Å². The Morgan fingerprint density at radius 3 is 2.67 bits per heavy atom. The van der Waals surface area contributed by atoms with Crippen molar-refractivity contribution in [2.45, 2.75) is 44.9 Å². The van der Waals surface area contributed by atoms with Crippen molar-refractivity contribution in [1.29, 1.82) is 0 Å². The van der Waals surface area contributed by atoms with E-state index >= 15 is 0 Å². The average molecular weight is 474 g/mol.